The minimum atomic E-state index is -0.679. The number of hydrogen-bond donors (Lipinski definition) is 1. The van der Waals surface area contributed by atoms with E-state index in [0.717, 1.165) is 5.56 Å². The van der Waals surface area contributed by atoms with Crippen molar-refractivity contribution < 1.29 is 19.2 Å². The van der Waals surface area contributed by atoms with Crippen molar-refractivity contribution in [1.82, 2.24) is 9.78 Å². The second kappa shape index (κ2) is 8.99. The molecule has 0 aliphatic carbocycles. The maximum Gasteiger partial charge on any atom is 0.342 e. The number of benzene rings is 2. The number of carbonyl (C=O) groups excluding carboxylic acids is 2. The van der Waals surface area contributed by atoms with E-state index < -0.39 is 23.4 Å². The topological polar surface area (TPSA) is 116 Å². The van der Waals surface area contributed by atoms with E-state index in [1.165, 1.54) is 18.2 Å². The number of anilines is 1. The van der Waals surface area contributed by atoms with Crippen molar-refractivity contribution in [3.8, 4) is 0 Å². The number of aromatic nitrogens is 2. The van der Waals surface area contributed by atoms with Crippen LogP contribution in [-0.4, -0.2) is 33.2 Å². The van der Waals surface area contributed by atoms with Gasteiger partial charge in [0.25, 0.3) is 11.6 Å². The number of ether oxygens (including phenoxy) is 1. The highest BCUT2D eigenvalue weighted by atomic mass is 16.6. The molecule has 3 rings (SSSR count). The zero-order valence-electron chi connectivity index (χ0n) is 16.5. The lowest BCUT2D eigenvalue weighted by Crippen LogP contribution is -2.22. The van der Waals surface area contributed by atoms with E-state index >= 15 is 0 Å². The second-order valence-electron chi connectivity index (χ2n) is 6.59. The molecule has 0 radical (unpaired) electrons. The average molecular weight is 408 g/mol. The molecule has 0 fully saturated rings. The lowest BCUT2D eigenvalue weighted by Gasteiger charge is -2.08. The fourth-order valence-electron chi connectivity index (χ4n) is 3.03. The molecule has 0 saturated heterocycles. The molecule has 1 N–H and O–H groups in total. The van der Waals surface area contributed by atoms with Crippen molar-refractivity contribution in [3.63, 3.8) is 0 Å². The number of nitrogens with one attached hydrogen (secondary N) is 1. The van der Waals surface area contributed by atoms with Crippen LogP contribution in [0.15, 0.2) is 54.6 Å². The molecule has 30 heavy (non-hydrogen) atoms. The number of carbonyl (C=O) groups is 2. The first-order valence-corrected chi connectivity index (χ1v) is 9.15. The maximum atomic E-state index is 12.5. The van der Waals surface area contributed by atoms with Crippen molar-refractivity contribution in [2.45, 2.75) is 20.4 Å². The third-order valence-corrected chi connectivity index (χ3v) is 4.47. The first-order chi connectivity index (χ1) is 14.4. The number of amides is 1. The lowest BCUT2D eigenvalue weighted by atomic mass is 10.2. The Morgan fingerprint density at radius 1 is 1.10 bits per heavy atom. The zero-order chi connectivity index (χ0) is 21.7. The summed E-state index contributed by atoms with van der Waals surface area (Å²) in [6.45, 7) is 3.37. The predicted molar refractivity (Wildman–Crippen MR) is 109 cm³/mol. The van der Waals surface area contributed by atoms with Crippen LogP contribution in [-0.2, 0) is 16.1 Å². The summed E-state index contributed by atoms with van der Waals surface area (Å²) in [6.07, 6.45) is 0. The molecule has 2 aromatic carbocycles. The van der Waals surface area contributed by atoms with Crippen LogP contribution in [0, 0.1) is 24.0 Å². The summed E-state index contributed by atoms with van der Waals surface area (Å²) in [5, 5.41) is 17.8. The van der Waals surface area contributed by atoms with E-state index in [4.69, 9.17) is 4.74 Å². The maximum absolute atomic E-state index is 12.5. The van der Waals surface area contributed by atoms with Gasteiger partial charge in [-0.05, 0) is 25.5 Å². The third-order valence-electron chi connectivity index (χ3n) is 4.47. The standard InChI is InChI=1S/C21H20N4O5/c1-14-20(15(2)24(23-14)12-16-8-4-3-5-9-16)21(27)30-13-19(26)22-17-10-6-7-11-18(17)25(28)29/h3-11H,12-13H2,1-2H3,(H,22,26). The van der Waals surface area contributed by atoms with Crippen LogP contribution in [0.5, 0.6) is 0 Å². The predicted octanol–water partition coefficient (Wildman–Crippen LogP) is 3.25. The van der Waals surface area contributed by atoms with Crippen LogP contribution in [0.1, 0.15) is 27.3 Å². The highest BCUT2D eigenvalue weighted by Crippen LogP contribution is 2.23. The number of nitrogens with zero attached hydrogens (tertiary/aromatic N) is 3. The number of nitro benzene ring substituents is 1. The highest BCUT2D eigenvalue weighted by molar-refractivity contribution is 5.97. The zero-order valence-corrected chi connectivity index (χ0v) is 16.5. The third kappa shape index (κ3) is 4.69. The van der Waals surface area contributed by atoms with E-state index in [9.17, 15) is 19.7 Å². The summed E-state index contributed by atoms with van der Waals surface area (Å²) in [4.78, 5) is 35.0. The Balaban J connectivity index is 1.65. The Hall–Kier alpha value is -4.01. The van der Waals surface area contributed by atoms with E-state index in [0.29, 0.717) is 23.5 Å². The Bertz CT molecular complexity index is 1090. The molecular weight excluding hydrogens is 388 g/mol. The number of rotatable bonds is 7. The van der Waals surface area contributed by atoms with Gasteiger partial charge in [-0.3, -0.25) is 19.6 Å². The molecule has 3 aromatic rings. The number of hydrogen-bond acceptors (Lipinski definition) is 6. The van der Waals surface area contributed by atoms with Gasteiger partial charge < -0.3 is 10.1 Å². The molecule has 0 aliphatic rings. The van der Waals surface area contributed by atoms with Crippen molar-refractivity contribution >= 4 is 23.3 Å². The molecule has 9 heteroatoms. The number of nitro groups is 1. The Morgan fingerprint density at radius 2 is 1.77 bits per heavy atom. The van der Waals surface area contributed by atoms with E-state index in [1.807, 2.05) is 30.3 Å². The Labute approximate surface area is 172 Å². The van der Waals surface area contributed by atoms with Crippen LogP contribution >= 0.6 is 0 Å². The molecule has 0 spiro atoms. The van der Waals surface area contributed by atoms with Gasteiger partial charge >= 0.3 is 5.97 Å². The first kappa shape index (κ1) is 20.7. The van der Waals surface area contributed by atoms with Crippen LogP contribution in [0.25, 0.3) is 0 Å². The van der Waals surface area contributed by atoms with Crippen LogP contribution in [0.4, 0.5) is 11.4 Å². The number of para-hydroxylation sites is 2. The molecule has 9 nitrogen and oxygen atoms in total. The Morgan fingerprint density at radius 3 is 2.47 bits per heavy atom. The fourth-order valence-corrected chi connectivity index (χ4v) is 3.03. The van der Waals surface area contributed by atoms with Gasteiger partial charge in [0, 0.05) is 6.07 Å². The molecule has 0 saturated carbocycles. The lowest BCUT2D eigenvalue weighted by molar-refractivity contribution is -0.383. The minimum absolute atomic E-state index is 0.0339. The monoisotopic (exact) mass is 408 g/mol. The average Bonchev–Trinajstić information content (AvgIpc) is 3.00. The van der Waals surface area contributed by atoms with Gasteiger partial charge in [0.2, 0.25) is 0 Å². The Kier molecular flexibility index (Phi) is 6.21. The van der Waals surface area contributed by atoms with Gasteiger partial charge in [-0.2, -0.15) is 5.10 Å². The molecule has 0 aliphatic heterocycles. The van der Waals surface area contributed by atoms with Gasteiger partial charge in [0.1, 0.15) is 11.3 Å². The molecule has 154 valence electrons. The second-order valence-corrected chi connectivity index (χ2v) is 6.59. The van der Waals surface area contributed by atoms with Crippen LogP contribution in [0.3, 0.4) is 0 Å². The van der Waals surface area contributed by atoms with Crippen molar-refractivity contribution in [2.24, 2.45) is 0 Å². The molecule has 1 aromatic heterocycles. The largest absolute Gasteiger partial charge is 0.452 e. The molecule has 0 unspecified atom stereocenters. The van der Waals surface area contributed by atoms with Gasteiger partial charge in [-0.15, -0.1) is 0 Å². The SMILES string of the molecule is Cc1nn(Cc2ccccc2)c(C)c1C(=O)OCC(=O)Nc1ccccc1[N+](=O)[O-]. The molecule has 0 bridgehead atoms. The normalized spacial score (nSPS) is 10.5. The summed E-state index contributed by atoms with van der Waals surface area (Å²) in [5.74, 6) is -1.35. The van der Waals surface area contributed by atoms with Crippen molar-refractivity contribution in [1.29, 1.82) is 0 Å². The molecule has 1 heterocycles. The number of aryl methyl sites for hydroxylation is 1. The van der Waals surface area contributed by atoms with Gasteiger partial charge in [-0.1, -0.05) is 42.5 Å². The van der Waals surface area contributed by atoms with Gasteiger partial charge in [0.05, 0.1) is 22.9 Å². The van der Waals surface area contributed by atoms with Crippen LogP contribution in [0.2, 0.25) is 0 Å². The van der Waals surface area contributed by atoms with Crippen molar-refractivity contribution in [3.05, 3.63) is 87.2 Å². The van der Waals surface area contributed by atoms with E-state index in [-0.39, 0.29) is 11.4 Å². The van der Waals surface area contributed by atoms with E-state index in [1.54, 1.807) is 24.6 Å². The minimum Gasteiger partial charge on any atom is -0.452 e. The summed E-state index contributed by atoms with van der Waals surface area (Å²) in [6, 6.07) is 15.4. The summed E-state index contributed by atoms with van der Waals surface area (Å²) in [7, 11) is 0. The summed E-state index contributed by atoms with van der Waals surface area (Å²) in [5.41, 5.74) is 2.24. The van der Waals surface area contributed by atoms with Crippen molar-refractivity contribution in [2.75, 3.05) is 11.9 Å². The molecular formula is C21H20N4O5. The highest BCUT2D eigenvalue weighted by Gasteiger charge is 2.22. The molecule has 0 atom stereocenters. The quantitative estimate of drug-likeness (QED) is 0.364. The summed E-state index contributed by atoms with van der Waals surface area (Å²) < 4.78 is 6.82. The van der Waals surface area contributed by atoms with Gasteiger partial charge in [-0.25, -0.2) is 4.79 Å². The van der Waals surface area contributed by atoms with Crippen LogP contribution < -0.4 is 5.32 Å². The smallest absolute Gasteiger partial charge is 0.342 e. The first-order valence-electron chi connectivity index (χ1n) is 9.15. The molecule has 1 amide bonds. The van der Waals surface area contributed by atoms with E-state index in [2.05, 4.69) is 10.4 Å². The number of esters is 1. The summed E-state index contributed by atoms with van der Waals surface area (Å²) >= 11 is 0. The van der Waals surface area contributed by atoms with Gasteiger partial charge in [0.15, 0.2) is 6.61 Å². The fraction of sp³-hybridized carbons (Fsp3) is 0.190.